The third-order valence-electron chi connectivity index (χ3n) is 4.04. The Morgan fingerprint density at radius 3 is 2.65 bits per heavy atom. The maximum Gasteiger partial charge on any atom is 0.258 e. The van der Waals surface area contributed by atoms with Crippen molar-refractivity contribution in [3.63, 3.8) is 0 Å². The lowest BCUT2D eigenvalue weighted by molar-refractivity contribution is 0.0989. The van der Waals surface area contributed by atoms with Crippen LogP contribution in [0.1, 0.15) is 21.5 Å². The van der Waals surface area contributed by atoms with Crippen molar-refractivity contribution >= 4 is 21.6 Å². The van der Waals surface area contributed by atoms with E-state index in [9.17, 15) is 13.2 Å². The van der Waals surface area contributed by atoms with Crippen molar-refractivity contribution in [2.75, 3.05) is 18.5 Å². The molecular weight excluding hydrogens is 312 g/mol. The van der Waals surface area contributed by atoms with Crippen LogP contribution in [-0.4, -0.2) is 27.9 Å². The molecule has 1 N–H and O–H groups in total. The van der Waals surface area contributed by atoms with Gasteiger partial charge in [-0.15, -0.1) is 0 Å². The second-order valence-corrected chi connectivity index (χ2v) is 7.46. The van der Waals surface area contributed by atoms with E-state index in [0.29, 0.717) is 18.5 Å². The molecule has 0 aromatic heterocycles. The molecule has 5 nitrogen and oxygen atoms in total. The summed E-state index contributed by atoms with van der Waals surface area (Å²) in [5.74, 6) is -0.0586. The Bertz CT molecular complexity index is 875. The van der Waals surface area contributed by atoms with Gasteiger partial charge in [0.25, 0.3) is 5.91 Å². The monoisotopic (exact) mass is 330 g/mol. The Kier molecular flexibility index (Phi) is 3.95. The first-order valence-corrected chi connectivity index (χ1v) is 8.86. The number of carbonyl (C=O) groups is 1. The zero-order valence-corrected chi connectivity index (χ0v) is 13.9. The molecule has 1 aliphatic heterocycles. The second-order valence-electron chi connectivity index (χ2n) is 5.57. The summed E-state index contributed by atoms with van der Waals surface area (Å²) in [5.41, 5.74) is 3.34. The number of fused-ring (bicyclic) bond motifs is 1. The average molecular weight is 330 g/mol. The number of nitrogens with zero attached hydrogens (tertiary/aromatic N) is 1. The van der Waals surface area contributed by atoms with E-state index in [-0.39, 0.29) is 10.8 Å². The van der Waals surface area contributed by atoms with Gasteiger partial charge < -0.3 is 4.90 Å². The standard InChI is InChI=1S/C17H18N2O3S/c1-12-4-3-5-14(10-12)17(20)19-9-8-13-11-15(6-7-16(13)19)23(21,22)18-2/h3-7,10-11,18H,8-9H2,1-2H3. The van der Waals surface area contributed by atoms with Crippen LogP contribution in [0.3, 0.4) is 0 Å². The largest absolute Gasteiger partial charge is 0.308 e. The smallest absolute Gasteiger partial charge is 0.258 e. The molecule has 0 spiro atoms. The zero-order valence-electron chi connectivity index (χ0n) is 13.0. The Hall–Kier alpha value is -2.18. The number of hydrogen-bond acceptors (Lipinski definition) is 3. The van der Waals surface area contributed by atoms with Crippen molar-refractivity contribution in [3.8, 4) is 0 Å². The van der Waals surface area contributed by atoms with Crippen LogP contribution >= 0.6 is 0 Å². The van der Waals surface area contributed by atoms with Gasteiger partial charge in [-0.2, -0.15) is 0 Å². The van der Waals surface area contributed by atoms with Crippen LogP contribution in [0.15, 0.2) is 47.4 Å². The predicted octanol–water partition coefficient (Wildman–Crippen LogP) is 2.11. The Balaban J connectivity index is 1.95. The summed E-state index contributed by atoms with van der Waals surface area (Å²) in [4.78, 5) is 14.6. The summed E-state index contributed by atoms with van der Waals surface area (Å²) in [7, 11) is -2.08. The van der Waals surface area contributed by atoms with E-state index in [4.69, 9.17) is 0 Å². The second kappa shape index (κ2) is 5.79. The van der Waals surface area contributed by atoms with Gasteiger partial charge in [0, 0.05) is 17.8 Å². The minimum Gasteiger partial charge on any atom is -0.308 e. The quantitative estimate of drug-likeness (QED) is 0.937. The summed E-state index contributed by atoms with van der Waals surface area (Å²) in [5, 5.41) is 0. The fourth-order valence-corrected chi connectivity index (χ4v) is 3.59. The van der Waals surface area contributed by atoms with Crippen molar-refractivity contribution in [2.24, 2.45) is 0 Å². The lowest BCUT2D eigenvalue weighted by atomic mass is 10.1. The first-order valence-electron chi connectivity index (χ1n) is 7.37. The summed E-state index contributed by atoms with van der Waals surface area (Å²) >= 11 is 0. The number of amides is 1. The Morgan fingerprint density at radius 2 is 1.96 bits per heavy atom. The number of rotatable bonds is 3. The molecule has 0 radical (unpaired) electrons. The molecule has 0 unspecified atom stereocenters. The molecule has 0 fully saturated rings. The molecule has 6 heteroatoms. The molecule has 23 heavy (non-hydrogen) atoms. The highest BCUT2D eigenvalue weighted by Gasteiger charge is 2.27. The number of aryl methyl sites for hydroxylation is 1. The van der Waals surface area contributed by atoms with E-state index in [0.717, 1.165) is 16.8 Å². The molecule has 2 aromatic carbocycles. The van der Waals surface area contributed by atoms with Gasteiger partial charge in [-0.1, -0.05) is 17.7 Å². The summed E-state index contributed by atoms with van der Waals surface area (Å²) in [6, 6.07) is 12.4. The van der Waals surface area contributed by atoms with Gasteiger partial charge in [-0.25, -0.2) is 13.1 Å². The topological polar surface area (TPSA) is 66.5 Å². The van der Waals surface area contributed by atoms with E-state index >= 15 is 0 Å². The normalized spacial score (nSPS) is 13.9. The lowest BCUT2D eigenvalue weighted by Gasteiger charge is -2.18. The van der Waals surface area contributed by atoms with Crippen molar-refractivity contribution in [1.82, 2.24) is 4.72 Å². The van der Waals surface area contributed by atoms with E-state index in [1.54, 1.807) is 23.1 Å². The molecule has 0 saturated carbocycles. The summed E-state index contributed by atoms with van der Waals surface area (Å²) in [6.45, 7) is 2.51. The molecule has 3 rings (SSSR count). The minimum atomic E-state index is -3.47. The summed E-state index contributed by atoms with van der Waals surface area (Å²) < 4.78 is 26.1. The number of benzene rings is 2. The highest BCUT2D eigenvalue weighted by molar-refractivity contribution is 7.89. The van der Waals surface area contributed by atoms with E-state index in [1.165, 1.54) is 13.1 Å². The van der Waals surface area contributed by atoms with Gasteiger partial charge in [-0.3, -0.25) is 4.79 Å². The number of anilines is 1. The Labute approximate surface area is 136 Å². The van der Waals surface area contributed by atoms with Crippen molar-refractivity contribution < 1.29 is 13.2 Å². The van der Waals surface area contributed by atoms with Gasteiger partial charge in [0.15, 0.2) is 0 Å². The van der Waals surface area contributed by atoms with E-state index in [2.05, 4.69) is 4.72 Å². The average Bonchev–Trinajstić information content (AvgIpc) is 2.97. The van der Waals surface area contributed by atoms with Crippen LogP contribution in [0.5, 0.6) is 0 Å². The van der Waals surface area contributed by atoms with Crippen LogP contribution in [0.4, 0.5) is 5.69 Å². The fourth-order valence-electron chi connectivity index (χ4n) is 2.81. The molecule has 1 heterocycles. The van der Waals surface area contributed by atoms with Gasteiger partial charge in [-0.05, 0) is 56.3 Å². The Morgan fingerprint density at radius 1 is 1.17 bits per heavy atom. The van der Waals surface area contributed by atoms with Gasteiger partial charge in [0.2, 0.25) is 10.0 Å². The molecule has 120 valence electrons. The van der Waals surface area contributed by atoms with Crippen molar-refractivity contribution in [2.45, 2.75) is 18.2 Å². The van der Waals surface area contributed by atoms with Crippen LogP contribution in [-0.2, 0) is 16.4 Å². The number of nitrogens with one attached hydrogen (secondary N) is 1. The van der Waals surface area contributed by atoms with Crippen LogP contribution in [0.25, 0.3) is 0 Å². The lowest BCUT2D eigenvalue weighted by Crippen LogP contribution is -2.28. The SMILES string of the molecule is CNS(=O)(=O)c1ccc2c(c1)CCN2C(=O)c1cccc(C)c1. The van der Waals surface area contributed by atoms with Crippen LogP contribution in [0, 0.1) is 6.92 Å². The molecule has 1 amide bonds. The molecular formula is C17H18N2O3S. The number of hydrogen-bond donors (Lipinski definition) is 1. The highest BCUT2D eigenvalue weighted by atomic mass is 32.2. The van der Waals surface area contributed by atoms with Crippen LogP contribution < -0.4 is 9.62 Å². The summed E-state index contributed by atoms with van der Waals surface area (Å²) in [6.07, 6.45) is 0.653. The molecule has 0 atom stereocenters. The molecule has 1 aliphatic rings. The molecule has 0 saturated heterocycles. The zero-order chi connectivity index (χ0) is 16.6. The molecule has 2 aromatic rings. The van der Waals surface area contributed by atoms with Crippen molar-refractivity contribution in [1.29, 1.82) is 0 Å². The van der Waals surface area contributed by atoms with Gasteiger partial charge in [0.1, 0.15) is 0 Å². The first-order chi connectivity index (χ1) is 10.9. The fraction of sp³-hybridized carbons (Fsp3) is 0.235. The predicted molar refractivity (Wildman–Crippen MR) is 89.2 cm³/mol. The van der Waals surface area contributed by atoms with Gasteiger partial charge in [0.05, 0.1) is 4.90 Å². The maximum atomic E-state index is 12.7. The first kappa shape index (κ1) is 15.7. The third-order valence-corrected chi connectivity index (χ3v) is 5.45. The highest BCUT2D eigenvalue weighted by Crippen LogP contribution is 2.31. The van der Waals surface area contributed by atoms with E-state index in [1.807, 2.05) is 25.1 Å². The van der Waals surface area contributed by atoms with Crippen LogP contribution in [0.2, 0.25) is 0 Å². The minimum absolute atomic E-state index is 0.0586. The molecule has 0 aliphatic carbocycles. The van der Waals surface area contributed by atoms with Crippen molar-refractivity contribution in [3.05, 3.63) is 59.2 Å². The molecule has 0 bridgehead atoms. The number of sulfonamides is 1. The third kappa shape index (κ3) is 2.87. The van der Waals surface area contributed by atoms with E-state index < -0.39 is 10.0 Å². The number of carbonyl (C=O) groups excluding carboxylic acids is 1. The van der Waals surface area contributed by atoms with Gasteiger partial charge >= 0.3 is 0 Å². The maximum absolute atomic E-state index is 12.7.